The van der Waals surface area contributed by atoms with Crippen molar-refractivity contribution in [3.8, 4) is 0 Å². The molecule has 2 aliphatic carbocycles. The predicted octanol–water partition coefficient (Wildman–Crippen LogP) is 3.46. The molecule has 2 aliphatic rings. The Labute approximate surface area is 146 Å². The van der Waals surface area contributed by atoms with Gasteiger partial charge in [-0.3, -0.25) is 4.79 Å². The van der Waals surface area contributed by atoms with Gasteiger partial charge in [-0.05, 0) is 37.0 Å². The first-order valence-corrected chi connectivity index (χ1v) is 9.24. The maximum Gasteiger partial charge on any atom is 0.306 e. The van der Waals surface area contributed by atoms with Crippen LogP contribution in [-0.2, 0) is 9.53 Å². The van der Waals surface area contributed by atoms with E-state index in [-0.39, 0.29) is 29.1 Å². The van der Waals surface area contributed by atoms with Gasteiger partial charge in [-0.15, -0.1) is 0 Å². The van der Waals surface area contributed by atoms with Crippen LogP contribution in [0.4, 0.5) is 0 Å². The van der Waals surface area contributed by atoms with Gasteiger partial charge in [0, 0.05) is 18.8 Å². The van der Waals surface area contributed by atoms with Crippen LogP contribution in [0, 0.1) is 23.2 Å². The lowest BCUT2D eigenvalue weighted by Crippen LogP contribution is -2.51. The molecular formula is C20H34O4. The van der Waals surface area contributed by atoms with E-state index < -0.39 is 17.3 Å². The fourth-order valence-electron chi connectivity index (χ4n) is 4.56. The van der Waals surface area contributed by atoms with Gasteiger partial charge in [-0.25, -0.2) is 0 Å². The van der Waals surface area contributed by atoms with Crippen LogP contribution < -0.4 is 0 Å². The third-order valence-electron chi connectivity index (χ3n) is 5.98. The molecule has 2 rings (SSSR count). The van der Waals surface area contributed by atoms with E-state index in [0.29, 0.717) is 19.3 Å². The molecule has 0 spiro atoms. The number of carbonyl (C=O) groups is 1. The Morgan fingerprint density at radius 3 is 2.33 bits per heavy atom. The van der Waals surface area contributed by atoms with E-state index in [4.69, 9.17) is 4.74 Å². The molecule has 2 N–H and O–H groups in total. The summed E-state index contributed by atoms with van der Waals surface area (Å²) in [5, 5.41) is 22.0. The molecule has 0 aromatic rings. The molecule has 0 aromatic heterocycles. The minimum Gasteiger partial charge on any atom is -0.462 e. The Bertz CT molecular complexity index is 508. The van der Waals surface area contributed by atoms with E-state index >= 15 is 0 Å². The van der Waals surface area contributed by atoms with Crippen molar-refractivity contribution in [1.82, 2.24) is 0 Å². The van der Waals surface area contributed by atoms with Crippen LogP contribution in [0.5, 0.6) is 0 Å². The number of hydrogen-bond donors (Lipinski definition) is 2. The van der Waals surface area contributed by atoms with Crippen LogP contribution in [-0.4, -0.2) is 33.5 Å². The summed E-state index contributed by atoms with van der Waals surface area (Å²) in [6.07, 6.45) is 5.57. The highest BCUT2D eigenvalue weighted by Gasteiger charge is 2.59. The fraction of sp³-hybridized carbons (Fsp3) is 0.850. The van der Waals surface area contributed by atoms with Crippen LogP contribution in [0.15, 0.2) is 12.2 Å². The number of aliphatic hydroxyl groups is 2. The standard InChI is InChI=1S/C20H34O4/c1-13(2)11-16(21)24-15-12-19(6,22)9-7-18(5)8-10-20(23,14(3)4)17(15)18/h7,9,13-15,17,22-23H,8,10-12H2,1-6H3. The summed E-state index contributed by atoms with van der Waals surface area (Å²) < 4.78 is 5.84. The second-order valence-corrected chi connectivity index (χ2v) is 9.15. The van der Waals surface area contributed by atoms with Crippen LogP contribution in [0.1, 0.15) is 67.2 Å². The summed E-state index contributed by atoms with van der Waals surface area (Å²) in [5.41, 5.74) is -2.20. The number of rotatable bonds is 4. The average Bonchev–Trinajstić information content (AvgIpc) is 2.63. The maximum atomic E-state index is 12.3. The highest BCUT2D eigenvalue weighted by atomic mass is 16.5. The summed E-state index contributed by atoms with van der Waals surface area (Å²) in [7, 11) is 0. The van der Waals surface area contributed by atoms with Crippen molar-refractivity contribution in [3.63, 3.8) is 0 Å². The van der Waals surface area contributed by atoms with Crippen LogP contribution in [0.3, 0.4) is 0 Å². The Morgan fingerprint density at radius 1 is 1.17 bits per heavy atom. The molecule has 0 heterocycles. The van der Waals surface area contributed by atoms with E-state index in [1.165, 1.54) is 0 Å². The summed E-state index contributed by atoms with van der Waals surface area (Å²) in [6.45, 7) is 11.9. The third kappa shape index (κ3) is 3.70. The molecule has 0 aliphatic heterocycles. The molecule has 0 amide bonds. The van der Waals surface area contributed by atoms with Crippen LogP contribution >= 0.6 is 0 Å². The summed E-state index contributed by atoms with van der Waals surface area (Å²) in [5.74, 6) is -0.160. The summed E-state index contributed by atoms with van der Waals surface area (Å²) in [4.78, 5) is 12.3. The zero-order valence-electron chi connectivity index (χ0n) is 16.0. The van der Waals surface area contributed by atoms with Gasteiger partial charge in [0.25, 0.3) is 0 Å². The molecule has 4 heteroatoms. The average molecular weight is 338 g/mol. The molecule has 5 unspecified atom stereocenters. The highest BCUT2D eigenvalue weighted by Crippen LogP contribution is 2.57. The molecule has 5 atom stereocenters. The van der Waals surface area contributed by atoms with Crippen LogP contribution in [0.2, 0.25) is 0 Å². The number of carbonyl (C=O) groups excluding carboxylic acids is 1. The number of allylic oxidation sites excluding steroid dienone is 1. The monoisotopic (exact) mass is 338 g/mol. The molecule has 4 nitrogen and oxygen atoms in total. The second-order valence-electron chi connectivity index (χ2n) is 9.15. The maximum absolute atomic E-state index is 12.3. The lowest BCUT2D eigenvalue weighted by molar-refractivity contribution is -0.169. The molecule has 138 valence electrons. The highest BCUT2D eigenvalue weighted by molar-refractivity contribution is 5.69. The predicted molar refractivity (Wildman–Crippen MR) is 94.3 cm³/mol. The van der Waals surface area contributed by atoms with Crippen molar-refractivity contribution >= 4 is 5.97 Å². The Balaban J connectivity index is 2.38. The van der Waals surface area contributed by atoms with Gasteiger partial charge in [0.15, 0.2) is 0 Å². The van der Waals surface area contributed by atoms with E-state index in [9.17, 15) is 15.0 Å². The lowest BCUT2D eigenvalue weighted by Gasteiger charge is -2.43. The molecule has 0 saturated heterocycles. The normalized spacial score (nSPS) is 42.2. The van der Waals surface area contributed by atoms with Crippen molar-refractivity contribution in [2.45, 2.75) is 84.5 Å². The number of fused-ring (bicyclic) bond motifs is 1. The van der Waals surface area contributed by atoms with E-state index in [0.717, 1.165) is 6.42 Å². The van der Waals surface area contributed by atoms with Crippen molar-refractivity contribution < 1.29 is 19.7 Å². The molecule has 0 aromatic carbocycles. The Morgan fingerprint density at radius 2 is 1.79 bits per heavy atom. The van der Waals surface area contributed by atoms with Crippen molar-refractivity contribution in [3.05, 3.63) is 12.2 Å². The fourth-order valence-corrected chi connectivity index (χ4v) is 4.56. The van der Waals surface area contributed by atoms with Gasteiger partial charge in [0.1, 0.15) is 6.10 Å². The Kier molecular flexibility index (Phi) is 5.23. The van der Waals surface area contributed by atoms with Gasteiger partial charge in [0.05, 0.1) is 11.2 Å². The molecule has 1 fully saturated rings. The quantitative estimate of drug-likeness (QED) is 0.608. The van der Waals surface area contributed by atoms with Crippen molar-refractivity contribution in [1.29, 1.82) is 0 Å². The number of ether oxygens (including phenoxy) is 1. The molecule has 0 radical (unpaired) electrons. The summed E-state index contributed by atoms with van der Waals surface area (Å²) in [6, 6.07) is 0. The summed E-state index contributed by atoms with van der Waals surface area (Å²) >= 11 is 0. The zero-order chi connectivity index (χ0) is 18.3. The minimum absolute atomic E-state index is 0.0621. The first-order chi connectivity index (χ1) is 10.9. The largest absolute Gasteiger partial charge is 0.462 e. The van der Waals surface area contributed by atoms with E-state index in [1.807, 2.05) is 39.8 Å². The molecule has 24 heavy (non-hydrogen) atoms. The first kappa shape index (κ1) is 19.5. The van der Waals surface area contributed by atoms with Gasteiger partial charge < -0.3 is 14.9 Å². The molecular weight excluding hydrogens is 304 g/mol. The van der Waals surface area contributed by atoms with Crippen LogP contribution in [0.25, 0.3) is 0 Å². The third-order valence-corrected chi connectivity index (χ3v) is 5.98. The first-order valence-electron chi connectivity index (χ1n) is 9.24. The number of hydrogen-bond acceptors (Lipinski definition) is 4. The van der Waals surface area contributed by atoms with Gasteiger partial charge in [0.2, 0.25) is 0 Å². The van der Waals surface area contributed by atoms with Gasteiger partial charge >= 0.3 is 5.97 Å². The topological polar surface area (TPSA) is 66.8 Å². The lowest BCUT2D eigenvalue weighted by atomic mass is 9.68. The molecule has 0 bridgehead atoms. The van der Waals surface area contributed by atoms with E-state index in [1.54, 1.807) is 6.92 Å². The number of esters is 1. The second kappa shape index (κ2) is 6.45. The van der Waals surface area contributed by atoms with Gasteiger partial charge in [-0.2, -0.15) is 0 Å². The zero-order valence-corrected chi connectivity index (χ0v) is 16.0. The van der Waals surface area contributed by atoms with Gasteiger partial charge in [-0.1, -0.05) is 46.8 Å². The van der Waals surface area contributed by atoms with Crippen molar-refractivity contribution in [2.24, 2.45) is 23.2 Å². The smallest absolute Gasteiger partial charge is 0.306 e. The Hall–Kier alpha value is -0.870. The minimum atomic E-state index is -1.03. The molecule has 1 saturated carbocycles. The SMILES string of the molecule is CC(C)CC(=O)OC1CC(C)(O)C=CC2(C)CCC(O)(C(C)C)C12. The van der Waals surface area contributed by atoms with Crippen molar-refractivity contribution in [2.75, 3.05) is 0 Å². The van der Waals surface area contributed by atoms with E-state index in [2.05, 4.69) is 6.92 Å².